The van der Waals surface area contributed by atoms with Crippen molar-refractivity contribution in [2.45, 2.75) is 116 Å². The van der Waals surface area contributed by atoms with Crippen LogP contribution < -0.4 is 0 Å². The molecule has 0 bridgehead atoms. The van der Waals surface area contributed by atoms with Crippen molar-refractivity contribution in [3.8, 4) is 0 Å². The van der Waals surface area contributed by atoms with Crippen molar-refractivity contribution in [2.75, 3.05) is 0 Å². The summed E-state index contributed by atoms with van der Waals surface area (Å²) in [5.74, 6) is 0. The van der Waals surface area contributed by atoms with E-state index in [2.05, 4.69) is 6.92 Å². The zero-order valence-corrected chi connectivity index (χ0v) is 19.4. The van der Waals surface area contributed by atoms with Gasteiger partial charge in [-0.15, -0.1) is 33.2 Å². The first-order chi connectivity index (χ1) is 10.6. The van der Waals surface area contributed by atoms with Gasteiger partial charge in [0.05, 0.1) is 0 Å². The largest absolute Gasteiger partial charge is 0.341 e. The summed E-state index contributed by atoms with van der Waals surface area (Å²) >= 11 is 17.6. The van der Waals surface area contributed by atoms with Crippen LogP contribution in [0.5, 0.6) is 0 Å². The maximum atomic E-state index is 5.87. The van der Waals surface area contributed by atoms with Crippen molar-refractivity contribution < 1.29 is 0 Å². The lowest BCUT2D eigenvalue weighted by molar-refractivity contribution is 0.531. The molecule has 0 aromatic rings. The van der Waals surface area contributed by atoms with Gasteiger partial charge in [-0.05, 0) is 6.04 Å². The summed E-state index contributed by atoms with van der Waals surface area (Å²) < 4.78 is 0. The third-order valence-corrected chi connectivity index (χ3v) is 6.94. The second-order valence-corrected chi connectivity index (χ2v) is 15.9. The van der Waals surface area contributed by atoms with Gasteiger partial charge in [0, 0.05) is 11.0 Å². The fourth-order valence-electron chi connectivity index (χ4n) is 2.87. The topological polar surface area (TPSA) is 0 Å². The minimum atomic E-state index is -2.35. The van der Waals surface area contributed by atoms with Gasteiger partial charge in [-0.25, -0.2) is 0 Å². The Morgan fingerprint density at radius 1 is 0.478 bits per heavy atom. The van der Waals surface area contributed by atoms with E-state index in [1.165, 1.54) is 96.3 Å². The molecule has 0 aliphatic carbocycles. The zero-order valence-electron chi connectivity index (χ0n) is 15.2. The number of unbranched alkanes of at least 4 members (excludes halogenated alkanes) is 15. The zero-order chi connectivity index (χ0) is 16.5. The fourth-order valence-corrected chi connectivity index (χ4v) is 4.73. The molecule has 0 saturated heterocycles. The predicted molar refractivity (Wildman–Crippen MR) is 113 cm³/mol. The normalized spacial score (nSPS) is 11.5. The molecular formula is C18H37Cl3Si2. The van der Waals surface area contributed by atoms with Gasteiger partial charge in [-0.1, -0.05) is 110 Å². The third-order valence-electron chi connectivity index (χ3n) is 4.31. The van der Waals surface area contributed by atoms with Crippen LogP contribution in [0.3, 0.4) is 0 Å². The van der Waals surface area contributed by atoms with Gasteiger partial charge in [-0.3, -0.25) is 0 Å². The minimum Gasteiger partial charge on any atom is -0.126 e. The molecule has 23 heavy (non-hydrogen) atoms. The van der Waals surface area contributed by atoms with E-state index in [1.807, 2.05) is 0 Å². The summed E-state index contributed by atoms with van der Waals surface area (Å²) in [7, 11) is 0. The highest BCUT2D eigenvalue weighted by Crippen LogP contribution is 2.27. The van der Waals surface area contributed by atoms with Crippen LogP contribution in [0, 0.1) is 0 Å². The molecule has 0 aromatic carbocycles. The minimum absolute atomic E-state index is 0. The average Bonchev–Trinajstić information content (AvgIpc) is 2.45. The van der Waals surface area contributed by atoms with Gasteiger partial charge in [0.1, 0.15) is 0 Å². The molecule has 0 amide bonds. The van der Waals surface area contributed by atoms with Crippen molar-refractivity contribution in [3.63, 3.8) is 0 Å². The Hall–Kier alpha value is 1.30. The molecule has 0 spiro atoms. The third kappa shape index (κ3) is 25.7. The van der Waals surface area contributed by atoms with Crippen molar-refractivity contribution >= 4 is 50.2 Å². The van der Waals surface area contributed by atoms with Crippen molar-refractivity contribution in [2.24, 2.45) is 0 Å². The highest BCUT2D eigenvalue weighted by molar-refractivity contribution is 7.64. The second kappa shape index (κ2) is 19.6. The predicted octanol–water partition coefficient (Wildman–Crippen LogP) is 8.52. The second-order valence-electron chi connectivity index (χ2n) is 6.67. The summed E-state index contributed by atoms with van der Waals surface area (Å²) in [6, 6.07) is -1.52. The van der Waals surface area contributed by atoms with E-state index < -0.39 is 6.00 Å². The summed E-state index contributed by atoms with van der Waals surface area (Å²) in [6.45, 7) is 2.28. The molecule has 0 nitrogen and oxygen atoms in total. The summed E-state index contributed by atoms with van der Waals surface area (Å²) in [5.41, 5.74) is 0. The van der Waals surface area contributed by atoms with Crippen LogP contribution in [0.2, 0.25) is 6.04 Å². The smallest absolute Gasteiger partial charge is 0.126 e. The Balaban J connectivity index is 0. The van der Waals surface area contributed by atoms with E-state index in [-0.39, 0.29) is 11.0 Å². The van der Waals surface area contributed by atoms with Crippen LogP contribution in [0.1, 0.15) is 110 Å². The SMILES string of the molecule is CCCCCCCCCCCCCCCCCC[Si](Cl)(Cl)Cl.[Si]. The van der Waals surface area contributed by atoms with Gasteiger partial charge in [0.25, 0.3) is 0 Å². The van der Waals surface area contributed by atoms with E-state index in [0.29, 0.717) is 0 Å². The Kier molecular flexibility index (Phi) is 22.6. The molecule has 0 saturated carbocycles. The standard InChI is InChI=1S/C18H37Cl3Si.Si/c1-2-3-4-5-6-7-8-9-10-11-12-13-14-15-16-17-18-22(19,20)21;/h2-18H2,1H3;. The first-order valence-electron chi connectivity index (χ1n) is 9.63. The van der Waals surface area contributed by atoms with E-state index in [0.717, 1.165) is 12.5 Å². The van der Waals surface area contributed by atoms with Crippen molar-refractivity contribution in [1.82, 2.24) is 0 Å². The van der Waals surface area contributed by atoms with Gasteiger partial charge in [0.2, 0.25) is 0 Å². The van der Waals surface area contributed by atoms with Crippen LogP contribution in [-0.2, 0) is 0 Å². The molecule has 0 N–H and O–H groups in total. The summed E-state index contributed by atoms with van der Waals surface area (Å²) in [6.07, 6.45) is 22.2. The lowest BCUT2D eigenvalue weighted by Gasteiger charge is -2.07. The molecule has 0 aliphatic rings. The number of rotatable bonds is 17. The molecular weight excluding hydrogens is 379 g/mol. The van der Waals surface area contributed by atoms with E-state index in [4.69, 9.17) is 33.2 Å². The maximum Gasteiger partial charge on any atom is 0.341 e. The van der Waals surface area contributed by atoms with Crippen molar-refractivity contribution in [3.05, 3.63) is 0 Å². The van der Waals surface area contributed by atoms with Crippen LogP contribution in [0.15, 0.2) is 0 Å². The van der Waals surface area contributed by atoms with Crippen LogP contribution in [-0.4, -0.2) is 17.0 Å². The van der Waals surface area contributed by atoms with Crippen LogP contribution in [0.4, 0.5) is 0 Å². The monoisotopic (exact) mass is 414 g/mol. The molecule has 138 valence electrons. The lowest BCUT2D eigenvalue weighted by atomic mass is 10.0. The lowest BCUT2D eigenvalue weighted by Crippen LogP contribution is -2.07. The molecule has 0 aromatic heterocycles. The average molecular weight is 416 g/mol. The highest BCUT2D eigenvalue weighted by atomic mass is 35.8. The van der Waals surface area contributed by atoms with Crippen LogP contribution in [0.25, 0.3) is 0 Å². The first-order valence-corrected chi connectivity index (χ1v) is 14.9. The quantitative estimate of drug-likeness (QED) is 0.127. The number of hydrogen-bond acceptors (Lipinski definition) is 0. The Morgan fingerprint density at radius 3 is 1.00 bits per heavy atom. The van der Waals surface area contributed by atoms with Gasteiger partial charge in [0.15, 0.2) is 0 Å². The molecule has 0 unspecified atom stereocenters. The molecule has 0 heterocycles. The molecule has 0 aliphatic heterocycles. The highest BCUT2D eigenvalue weighted by Gasteiger charge is 2.23. The van der Waals surface area contributed by atoms with Crippen molar-refractivity contribution in [1.29, 1.82) is 0 Å². The summed E-state index contributed by atoms with van der Waals surface area (Å²) in [4.78, 5) is 0. The first kappa shape index (κ1) is 26.5. The molecule has 0 rings (SSSR count). The Bertz CT molecular complexity index is 221. The van der Waals surface area contributed by atoms with Crippen LogP contribution >= 0.6 is 33.2 Å². The Labute approximate surface area is 165 Å². The molecule has 5 heteroatoms. The molecule has 0 atom stereocenters. The summed E-state index contributed by atoms with van der Waals surface area (Å²) in [5, 5.41) is 0. The van der Waals surface area contributed by atoms with E-state index in [9.17, 15) is 0 Å². The van der Waals surface area contributed by atoms with Gasteiger partial charge >= 0.3 is 6.00 Å². The Morgan fingerprint density at radius 2 is 0.739 bits per heavy atom. The van der Waals surface area contributed by atoms with Gasteiger partial charge < -0.3 is 0 Å². The van der Waals surface area contributed by atoms with Gasteiger partial charge in [-0.2, -0.15) is 0 Å². The number of hydrogen-bond donors (Lipinski definition) is 0. The number of halogens is 3. The fraction of sp³-hybridized carbons (Fsp3) is 1.00. The van der Waals surface area contributed by atoms with E-state index >= 15 is 0 Å². The molecule has 4 radical (unpaired) electrons. The molecule has 0 fully saturated rings. The maximum absolute atomic E-state index is 5.87. The van der Waals surface area contributed by atoms with E-state index in [1.54, 1.807) is 0 Å².